The summed E-state index contributed by atoms with van der Waals surface area (Å²) in [5, 5.41) is 2.34. The number of hydrogen-bond donors (Lipinski definition) is 1. The lowest BCUT2D eigenvalue weighted by molar-refractivity contribution is -0.136. The minimum atomic E-state index is -0.536. The number of benzene rings is 1. The second-order valence-corrected chi connectivity index (χ2v) is 7.52. The number of hydrogen-bond acceptors (Lipinski definition) is 4. The molecule has 1 N–H and O–H groups in total. The molecule has 25 heavy (non-hydrogen) atoms. The van der Waals surface area contributed by atoms with Crippen molar-refractivity contribution in [3.8, 4) is 0 Å². The second-order valence-electron chi connectivity index (χ2n) is 7.52. The molecule has 3 amide bonds. The van der Waals surface area contributed by atoms with Gasteiger partial charge in [0.1, 0.15) is 6.04 Å². The third kappa shape index (κ3) is 3.06. The van der Waals surface area contributed by atoms with Gasteiger partial charge in [-0.05, 0) is 49.4 Å². The minimum absolute atomic E-state index is 0.100. The molecule has 3 aliphatic rings. The van der Waals surface area contributed by atoms with Gasteiger partial charge in [-0.3, -0.25) is 19.7 Å². The highest BCUT2D eigenvalue weighted by Crippen LogP contribution is 2.29. The fraction of sp³-hybridized carbons (Fsp3) is 0.526. The Balaban J connectivity index is 1.44. The first-order valence-electron chi connectivity index (χ1n) is 8.96. The van der Waals surface area contributed by atoms with Crippen molar-refractivity contribution in [2.24, 2.45) is 5.92 Å². The second kappa shape index (κ2) is 6.26. The summed E-state index contributed by atoms with van der Waals surface area (Å²) in [7, 11) is 2.14. The molecule has 1 aromatic carbocycles. The van der Waals surface area contributed by atoms with Crippen LogP contribution in [0.5, 0.6) is 0 Å². The molecule has 1 unspecified atom stereocenters. The molecule has 0 aliphatic carbocycles. The molecule has 3 aliphatic heterocycles. The maximum Gasteiger partial charge on any atom is 0.255 e. The van der Waals surface area contributed by atoms with E-state index in [4.69, 9.17) is 0 Å². The summed E-state index contributed by atoms with van der Waals surface area (Å²) >= 11 is 0. The summed E-state index contributed by atoms with van der Waals surface area (Å²) in [6.07, 6.45) is 2.90. The van der Waals surface area contributed by atoms with E-state index in [1.165, 1.54) is 25.1 Å². The van der Waals surface area contributed by atoms with E-state index in [1.54, 1.807) is 4.90 Å². The van der Waals surface area contributed by atoms with Crippen LogP contribution in [0.2, 0.25) is 0 Å². The normalized spacial score (nSPS) is 24.3. The monoisotopic (exact) mass is 341 g/mol. The minimum Gasteiger partial charge on any atom is -0.322 e. The first-order chi connectivity index (χ1) is 12.0. The first kappa shape index (κ1) is 16.3. The molecule has 0 radical (unpaired) electrons. The van der Waals surface area contributed by atoms with Crippen LogP contribution in [-0.2, 0) is 22.6 Å². The Kier molecular flexibility index (Phi) is 4.07. The van der Waals surface area contributed by atoms with Crippen LogP contribution in [0.3, 0.4) is 0 Å². The Labute approximate surface area is 147 Å². The summed E-state index contributed by atoms with van der Waals surface area (Å²) < 4.78 is 0. The van der Waals surface area contributed by atoms with Crippen molar-refractivity contribution >= 4 is 17.7 Å². The molecule has 2 saturated heterocycles. The zero-order valence-electron chi connectivity index (χ0n) is 14.5. The molecule has 132 valence electrons. The lowest BCUT2D eigenvalue weighted by Gasteiger charge is -2.36. The van der Waals surface area contributed by atoms with E-state index in [0.29, 0.717) is 18.5 Å². The first-order valence-corrected chi connectivity index (χ1v) is 8.96. The van der Waals surface area contributed by atoms with Crippen LogP contribution in [0, 0.1) is 5.92 Å². The topological polar surface area (TPSA) is 69.7 Å². The van der Waals surface area contributed by atoms with Gasteiger partial charge in [0.25, 0.3) is 5.91 Å². The molecule has 2 fully saturated rings. The van der Waals surface area contributed by atoms with Crippen molar-refractivity contribution in [3.63, 3.8) is 0 Å². The maximum absolute atomic E-state index is 12.6. The van der Waals surface area contributed by atoms with Gasteiger partial charge in [0.2, 0.25) is 11.8 Å². The molecule has 0 saturated carbocycles. The quantitative estimate of drug-likeness (QED) is 0.828. The zero-order valence-corrected chi connectivity index (χ0v) is 14.5. The van der Waals surface area contributed by atoms with Crippen molar-refractivity contribution in [1.29, 1.82) is 0 Å². The number of amides is 3. The summed E-state index contributed by atoms with van der Waals surface area (Å²) in [5.41, 5.74) is 2.95. The van der Waals surface area contributed by atoms with Crippen molar-refractivity contribution < 1.29 is 14.4 Å². The summed E-state index contributed by atoms with van der Waals surface area (Å²) in [4.78, 5) is 40.0. The van der Waals surface area contributed by atoms with Gasteiger partial charge in [-0.1, -0.05) is 12.1 Å². The van der Waals surface area contributed by atoms with E-state index in [2.05, 4.69) is 23.3 Å². The largest absolute Gasteiger partial charge is 0.322 e. The smallest absolute Gasteiger partial charge is 0.255 e. The number of nitrogens with one attached hydrogen (secondary N) is 1. The molecule has 0 spiro atoms. The fourth-order valence-corrected chi connectivity index (χ4v) is 4.16. The summed E-state index contributed by atoms with van der Waals surface area (Å²) in [6.45, 7) is 2.81. The van der Waals surface area contributed by atoms with Crippen LogP contribution in [0.15, 0.2) is 18.2 Å². The molecule has 6 nitrogen and oxygen atoms in total. The average Bonchev–Trinajstić information content (AvgIpc) is 2.87. The Morgan fingerprint density at radius 1 is 1.20 bits per heavy atom. The van der Waals surface area contributed by atoms with E-state index in [-0.39, 0.29) is 24.1 Å². The molecule has 6 heteroatoms. The van der Waals surface area contributed by atoms with E-state index in [0.717, 1.165) is 17.9 Å². The molecule has 0 aromatic heterocycles. The van der Waals surface area contributed by atoms with Gasteiger partial charge in [0.15, 0.2) is 0 Å². The van der Waals surface area contributed by atoms with Crippen molar-refractivity contribution in [2.75, 3.05) is 20.1 Å². The van der Waals surface area contributed by atoms with Gasteiger partial charge in [-0.2, -0.15) is 0 Å². The Bertz CT molecular complexity index is 739. The van der Waals surface area contributed by atoms with Crippen LogP contribution in [-0.4, -0.2) is 53.7 Å². The highest BCUT2D eigenvalue weighted by Gasteiger charge is 2.39. The molecule has 0 bridgehead atoms. The predicted octanol–water partition coefficient (Wildman–Crippen LogP) is 0.942. The number of rotatable bonds is 4. The number of likely N-dealkylation sites (tertiary alicyclic amines) is 1. The SMILES string of the molecule is CN1CC(CCc2ccc3c(c2)CN(C2CCC(=O)NC2=O)C3=O)C1. The number of aryl methyl sites for hydroxylation is 1. The van der Waals surface area contributed by atoms with Gasteiger partial charge in [-0.15, -0.1) is 0 Å². The van der Waals surface area contributed by atoms with Crippen LogP contribution in [0.25, 0.3) is 0 Å². The molecule has 1 aromatic rings. The number of carbonyl (C=O) groups excluding carboxylic acids is 3. The summed E-state index contributed by atoms with van der Waals surface area (Å²) in [6, 6.07) is 5.51. The Hall–Kier alpha value is -2.21. The number of fused-ring (bicyclic) bond motifs is 1. The Morgan fingerprint density at radius 3 is 2.72 bits per heavy atom. The fourth-order valence-electron chi connectivity index (χ4n) is 4.16. The van der Waals surface area contributed by atoms with Gasteiger partial charge in [-0.25, -0.2) is 0 Å². The van der Waals surface area contributed by atoms with Crippen molar-refractivity contribution in [2.45, 2.75) is 38.3 Å². The number of piperidine rings is 1. The van der Waals surface area contributed by atoms with E-state index < -0.39 is 6.04 Å². The molecular formula is C19H23N3O3. The zero-order chi connectivity index (χ0) is 17.6. The third-order valence-electron chi connectivity index (χ3n) is 5.57. The number of nitrogens with zero attached hydrogens (tertiary/aromatic N) is 2. The van der Waals surface area contributed by atoms with Crippen LogP contribution in [0.1, 0.15) is 40.7 Å². The molecule has 4 rings (SSSR count). The van der Waals surface area contributed by atoms with Crippen LogP contribution < -0.4 is 5.32 Å². The number of carbonyl (C=O) groups is 3. The molecule has 1 atom stereocenters. The molecular weight excluding hydrogens is 318 g/mol. The lowest BCUT2D eigenvalue weighted by atomic mass is 9.92. The van der Waals surface area contributed by atoms with E-state index >= 15 is 0 Å². The maximum atomic E-state index is 12.6. The summed E-state index contributed by atoms with van der Waals surface area (Å²) in [5.74, 6) is 0.0672. The highest BCUT2D eigenvalue weighted by atomic mass is 16.2. The van der Waals surface area contributed by atoms with Gasteiger partial charge in [0.05, 0.1) is 0 Å². The van der Waals surface area contributed by atoms with E-state index in [1.807, 2.05) is 12.1 Å². The van der Waals surface area contributed by atoms with Crippen molar-refractivity contribution in [3.05, 3.63) is 34.9 Å². The lowest BCUT2D eigenvalue weighted by Crippen LogP contribution is -2.52. The van der Waals surface area contributed by atoms with Crippen molar-refractivity contribution in [1.82, 2.24) is 15.1 Å². The number of imide groups is 1. The van der Waals surface area contributed by atoms with E-state index in [9.17, 15) is 14.4 Å². The third-order valence-corrected chi connectivity index (χ3v) is 5.57. The van der Waals surface area contributed by atoms with Gasteiger partial charge < -0.3 is 9.80 Å². The van der Waals surface area contributed by atoms with Gasteiger partial charge >= 0.3 is 0 Å². The Morgan fingerprint density at radius 2 is 2.00 bits per heavy atom. The molecule has 3 heterocycles. The van der Waals surface area contributed by atoms with Crippen LogP contribution >= 0.6 is 0 Å². The average molecular weight is 341 g/mol. The predicted molar refractivity (Wildman–Crippen MR) is 91.8 cm³/mol. The van der Waals surface area contributed by atoms with Crippen LogP contribution in [0.4, 0.5) is 0 Å². The standard InChI is InChI=1S/C19H23N3O3/c1-21-9-13(10-21)3-2-12-4-5-15-14(8-12)11-22(19(15)25)16-6-7-17(23)20-18(16)24/h4-5,8,13,16H,2-3,6-7,9-11H2,1H3,(H,20,23,24). The highest BCUT2D eigenvalue weighted by molar-refractivity contribution is 6.05. The van der Waals surface area contributed by atoms with Gasteiger partial charge in [0, 0.05) is 31.6 Å².